The van der Waals surface area contributed by atoms with Crippen LogP contribution >= 0.6 is 0 Å². The third-order valence-electron chi connectivity index (χ3n) is 3.34. The third-order valence-corrected chi connectivity index (χ3v) is 3.34. The van der Waals surface area contributed by atoms with Gasteiger partial charge in [0.15, 0.2) is 5.65 Å². The van der Waals surface area contributed by atoms with Crippen molar-refractivity contribution in [2.24, 2.45) is 7.05 Å². The van der Waals surface area contributed by atoms with E-state index in [0.717, 1.165) is 36.7 Å². The zero-order chi connectivity index (χ0) is 13.9. The SMILES string of the molecule is Cc1nn(C)cc1CNCCc1nnc2ccccn12. The third kappa shape index (κ3) is 2.55. The van der Waals surface area contributed by atoms with E-state index in [1.54, 1.807) is 0 Å². The summed E-state index contributed by atoms with van der Waals surface area (Å²) in [5.41, 5.74) is 3.21. The Balaban J connectivity index is 1.56. The molecular weight excluding hydrogens is 252 g/mol. The molecule has 0 aliphatic rings. The largest absolute Gasteiger partial charge is 0.312 e. The van der Waals surface area contributed by atoms with E-state index in [1.807, 2.05) is 47.4 Å². The fourth-order valence-corrected chi connectivity index (χ4v) is 2.31. The Labute approximate surface area is 117 Å². The topological polar surface area (TPSA) is 60.0 Å². The average molecular weight is 270 g/mol. The van der Waals surface area contributed by atoms with Gasteiger partial charge in [0.1, 0.15) is 5.82 Å². The predicted octanol–water partition coefficient (Wildman–Crippen LogP) is 1.10. The maximum atomic E-state index is 4.33. The van der Waals surface area contributed by atoms with Crippen LogP contribution in [0.3, 0.4) is 0 Å². The number of nitrogens with zero attached hydrogens (tertiary/aromatic N) is 5. The molecule has 1 N–H and O–H groups in total. The normalized spacial score (nSPS) is 11.3. The number of aryl methyl sites for hydroxylation is 2. The fraction of sp³-hybridized carbons (Fsp3) is 0.357. The maximum Gasteiger partial charge on any atom is 0.160 e. The molecule has 0 bridgehead atoms. The Morgan fingerprint density at radius 1 is 1.25 bits per heavy atom. The van der Waals surface area contributed by atoms with Crippen LogP contribution in [0, 0.1) is 6.92 Å². The molecule has 0 amide bonds. The van der Waals surface area contributed by atoms with Crippen LogP contribution in [-0.2, 0) is 20.0 Å². The van der Waals surface area contributed by atoms with Gasteiger partial charge in [-0.15, -0.1) is 10.2 Å². The van der Waals surface area contributed by atoms with Gasteiger partial charge >= 0.3 is 0 Å². The van der Waals surface area contributed by atoms with E-state index in [1.165, 1.54) is 5.56 Å². The van der Waals surface area contributed by atoms with Crippen LogP contribution in [0.4, 0.5) is 0 Å². The van der Waals surface area contributed by atoms with Crippen LogP contribution in [0.1, 0.15) is 17.1 Å². The molecule has 0 atom stereocenters. The minimum atomic E-state index is 0.830. The number of fused-ring (bicyclic) bond motifs is 1. The van der Waals surface area contributed by atoms with Crippen LogP contribution in [-0.4, -0.2) is 30.9 Å². The Hall–Kier alpha value is -2.21. The summed E-state index contributed by atoms with van der Waals surface area (Å²) in [5, 5.41) is 16.1. The highest BCUT2D eigenvalue weighted by atomic mass is 15.3. The van der Waals surface area contributed by atoms with Crippen LogP contribution in [0.2, 0.25) is 0 Å². The molecule has 6 heteroatoms. The van der Waals surface area contributed by atoms with Crippen molar-refractivity contribution in [2.75, 3.05) is 6.54 Å². The number of pyridine rings is 1. The van der Waals surface area contributed by atoms with Crippen LogP contribution in [0.25, 0.3) is 5.65 Å². The Morgan fingerprint density at radius 3 is 2.95 bits per heavy atom. The second-order valence-corrected chi connectivity index (χ2v) is 4.89. The van der Waals surface area contributed by atoms with E-state index in [4.69, 9.17) is 0 Å². The van der Waals surface area contributed by atoms with Gasteiger partial charge in [-0.2, -0.15) is 5.10 Å². The molecule has 3 heterocycles. The molecule has 6 nitrogen and oxygen atoms in total. The first-order valence-electron chi connectivity index (χ1n) is 6.72. The molecule has 0 radical (unpaired) electrons. The minimum absolute atomic E-state index is 0.830. The summed E-state index contributed by atoms with van der Waals surface area (Å²) in [7, 11) is 1.94. The molecule has 3 aromatic rings. The summed E-state index contributed by atoms with van der Waals surface area (Å²) in [4.78, 5) is 0. The first-order valence-corrected chi connectivity index (χ1v) is 6.72. The number of rotatable bonds is 5. The maximum absolute atomic E-state index is 4.33. The number of hydrogen-bond donors (Lipinski definition) is 1. The van der Waals surface area contributed by atoms with Crippen molar-refractivity contribution in [3.8, 4) is 0 Å². The second kappa shape index (κ2) is 5.42. The summed E-state index contributed by atoms with van der Waals surface area (Å²) in [5.74, 6) is 0.982. The van der Waals surface area contributed by atoms with Gasteiger partial charge in [0.25, 0.3) is 0 Å². The van der Waals surface area contributed by atoms with E-state index in [9.17, 15) is 0 Å². The molecule has 0 saturated carbocycles. The van der Waals surface area contributed by atoms with E-state index < -0.39 is 0 Å². The Kier molecular flexibility index (Phi) is 3.47. The lowest BCUT2D eigenvalue weighted by atomic mass is 10.2. The first-order chi connectivity index (χ1) is 9.74. The first kappa shape index (κ1) is 12.8. The van der Waals surface area contributed by atoms with Crippen molar-refractivity contribution < 1.29 is 0 Å². The molecule has 3 rings (SSSR count). The van der Waals surface area contributed by atoms with Crippen molar-refractivity contribution >= 4 is 5.65 Å². The lowest BCUT2D eigenvalue weighted by Gasteiger charge is -2.03. The van der Waals surface area contributed by atoms with Crippen molar-refractivity contribution in [1.29, 1.82) is 0 Å². The molecule has 0 saturated heterocycles. The molecule has 0 aliphatic carbocycles. The van der Waals surface area contributed by atoms with Crippen molar-refractivity contribution in [1.82, 2.24) is 29.7 Å². The summed E-state index contributed by atoms with van der Waals surface area (Å²) in [6.07, 6.45) is 4.90. The summed E-state index contributed by atoms with van der Waals surface area (Å²) in [6, 6.07) is 5.92. The van der Waals surface area contributed by atoms with Gasteiger partial charge in [0, 0.05) is 44.5 Å². The van der Waals surface area contributed by atoms with E-state index in [2.05, 4.69) is 26.8 Å². The Bertz CT molecular complexity index is 711. The van der Waals surface area contributed by atoms with Crippen LogP contribution in [0.5, 0.6) is 0 Å². The molecule has 104 valence electrons. The van der Waals surface area contributed by atoms with E-state index in [-0.39, 0.29) is 0 Å². The lowest BCUT2D eigenvalue weighted by Crippen LogP contribution is -2.18. The minimum Gasteiger partial charge on any atom is -0.312 e. The zero-order valence-electron chi connectivity index (χ0n) is 11.7. The van der Waals surface area contributed by atoms with Gasteiger partial charge in [-0.3, -0.25) is 9.08 Å². The Morgan fingerprint density at radius 2 is 2.15 bits per heavy atom. The number of nitrogens with one attached hydrogen (secondary N) is 1. The summed E-state index contributed by atoms with van der Waals surface area (Å²) < 4.78 is 3.87. The van der Waals surface area contributed by atoms with Gasteiger partial charge in [-0.1, -0.05) is 6.07 Å². The fourth-order valence-electron chi connectivity index (χ4n) is 2.31. The predicted molar refractivity (Wildman–Crippen MR) is 76.3 cm³/mol. The van der Waals surface area contributed by atoms with E-state index >= 15 is 0 Å². The second-order valence-electron chi connectivity index (χ2n) is 4.89. The van der Waals surface area contributed by atoms with Crippen LogP contribution in [0.15, 0.2) is 30.6 Å². The summed E-state index contributed by atoms with van der Waals surface area (Å²) in [6.45, 7) is 3.73. The van der Waals surface area contributed by atoms with Gasteiger partial charge in [-0.05, 0) is 19.1 Å². The molecule has 0 spiro atoms. The standard InChI is InChI=1S/C14H18N6/c1-11-12(10-19(2)18-11)9-15-7-6-14-17-16-13-5-3-4-8-20(13)14/h3-5,8,10,15H,6-7,9H2,1-2H3. The molecule has 20 heavy (non-hydrogen) atoms. The highest BCUT2D eigenvalue weighted by Crippen LogP contribution is 2.05. The van der Waals surface area contributed by atoms with Crippen molar-refractivity contribution in [3.05, 3.63) is 47.7 Å². The van der Waals surface area contributed by atoms with Gasteiger partial charge in [0.2, 0.25) is 0 Å². The summed E-state index contributed by atoms with van der Waals surface area (Å²) >= 11 is 0. The van der Waals surface area contributed by atoms with E-state index in [0.29, 0.717) is 0 Å². The number of aromatic nitrogens is 5. The van der Waals surface area contributed by atoms with Crippen molar-refractivity contribution in [3.63, 3.8) is 0 Å². The molecule has 0 aliphatic heterocycles. The van der Waals surface area contributed by atoms with Crippen LogP contribution < -0.4 is 5.32 Å². The molecule has 3 aromatic heterocycles. The zero-order valence-corrected chi connectivity index (χ0v) is 11.7. The average Bonchev–Trinajstić information content (AvgIpc) is 2.99. The highest BCUT2D eigenvalue weighted by Gasteiger charge is 2.05. The van der Waals surface area contributed by atoms with Gasteiger partial charge in [0.05, 0.1) is 5.69 Å². The monoisotopic (exact) mass is 270 g/mol. The lowest BCUT2D eigenvalue weighted by molar-refractivity contribution is 0.664. The van der Waals surface area contributed by atoms with Crippen molar-refractivity contribution in [2.45, 2.75) is 19.9 Å². The molecule has 0 unspecified atom stereocenters. The van der Waals surface area contributed by atoms with Gasteiger partial charge < -0.3 is 5.32 Å². The highest BCUT2D eigenvalue weighted by molar-refractivity contribution is 5.37. The quantitative estimate of drug-likeness (QED) is 0.705. The van der Waals surface area contributed by atoms with Gasteiger partial charge in [-0.25, -0.2) is 0 Å². The smallest absolute Gasteiger partial charge is 0.160 e. The molecular formula is C14H18N6. The molecule has 0 aromatic carbocycles. The molecule has 0 fully saturated rings. The number of hydrogen-bond acceptors (Lipinski definition) is 4.